The van der Waals surface area contributed by atoms with Crippen LogP contribution in [0.25, 0.3) is 0 Å². The molecule has 1 aromatic heterocycles. The van der Waals surface area contributed by atoms with Crippen molar-refractivity contribution >= 4 is 11.7 Å². The number of likely N-dealkylation sites (tertiary alicyclic amines) is 1. The summed E-state index contributed by atoms with van der Waals surface area (Å²) in [6.45, 7) is 5.46. The van der Waals surface area contributed by atoms with Gasteiger partial charge in [-0.3, -0.25) is 9.69 Å². The number of carbonyl (C=O) groups excluding carboxylic acids is 1. The molecule has 2 aliphatic rings. The molecule has 1 aliphatic carbocycles. The Labute approximate surface area is 162 Å². The Morgan fingerprint density at radius 1 is 1.11 bits per heavy atom. The molecule has 0 radical (unpaired) electrons. The van der Waals surface area contributed by atoms with E-state index in [2.05, 4.69) is 47.1 Å². The molecule has 2 heterocycles. The third kappa shape index (κ3) is 4.38. The summed E-state index contributed by atoms with van der Waals surface area (Å²) in [5, 5.41) is 0. The lowest BCUT2D eigenvalue weighted by molar-refractivity contribution is -0.120. The zero-order chi connectivity index (χ0) is 18.6. The summed E-state index contributed by atoms with van der Waals surface area (Å²) in [6, 6.07) is 16.8. The third-order valence-electron chi connectivity index (χ3n) is 5.90. The minimum Gasteiger partial charge on any atom is -0.303 e. The van der Waals surface area contributed by atoms with E-state index in [4.69, 9.17) is 0 Å². The lowest BCUT2D eigenvalue weighted by Gasteiger charge is -2.42. The summed E-state index contributed by atoms with van der Waals surface area (Å²) in [5.41, 5.74) is 1.39. The zero-order valence-corrected chi connectivity index (χ0v) is 16.1. The molecule has 1 saturated carbocycles. The molecule has 1 aromatic carbocycles. The van der Waals surface area contributed by atoms with Crippen LogP contribution in [-0.4, -0.2) is 41.5 Å². The van der Waals surface area contributed by atoms with E-state index in [1.54, 1.807) is 6.20 Å². The summed E-state index contributed by atoms with van der Waals surface area (Å²) >= 11 is 0. The van der Waals surface area contributed by atoms with Gasteiger partial charge in [-0.2, -0.15) is 0 Å². The molecule has 4 rings (SSSR count). The van der Waals surface area contributed by atoms with Crippen LogP contribution in [-0.2, 0) is 11.2 Å². The van der Waals surface area contributed by atoms with Crippen LogP contribution in [0.1, 0.15) is 31.7 Å². The quantitative estimate of drug-likeness (QED) is 0.784. The van der Waals surface area contributed by atoms with Gasteiger partial charge in [0.2, 0.25) is 5.91 Å². The van der Waals surface area contributed by atoms with Gasteiger partial charge in [0.25, 0.3) is 0 Å². The van der Waals surface area contributed by atoms with E-state index in [0.717, 1.165) is 51.1 Å². The highest BCUT2D eigenvalue weighted by atomic mass is 16.2. The molecule has 1 amide bonds. The molecule has 2 atom stereocenters. The van der Waals surface area contributed by atoms with E-state index in [0.29, 0.717) is 5.92 Å². The number of piperidine rings is 1. The van der Waals surface area contributed by atoms with Gasteiger partial charge in [-0.05, 0) is 49.3 Å². The number of carbonyl (C=O) groups is 1. The minimum atomic E-state index is 0.218. The maximum absolute atomic E-state index is 13.0. The molecule has 4 heteroatoms. The first-order chi connectivity index (χ1) is 13.2. The maximum atomic E-state index is 13.0. The lowest BCUT2D eigenvalue weighted by Crippen LogP contribution is -2.53. The highest BCUT2D eigenvalue weighted by molar-refractivity contribution is 5.96. The van der Waals surface area contributed by atoms with Crippen molar-refractivity contribution in [1.82, 2.24) is 9.88 Å². The fourth-order valence-corrected chi connectivity index (χ4v) is 4.21. The largest absolute Gasteiger partial charge is 0.303 e. The van der Waals surface area contributed by atoms with Crippen LogP contribution < -0.4 is 4.90 Å². The van der Waals surface area contributed by atoms with Crippen molar-refractivity contribution in [2.45, 2.75) is 38.6 Å². The van der Waals surface area contributed by atoms with Crippen LogP contribution in [0.15, 0.2) is 54.7 Å². The average molecular weight is 364 g/mol. The van der Waals surface area contributed by atoms with Crippen LogP contribution in [0.4, 0.5) is 5.82 Å². The van der Waals surface area contributed by atoms with Crippen LogP contribution in [0.3, 0.4) is 0 Å². The van der Waals surface area contributed by atoms with Gasteiger partial charge in [-0.1, -0.05) is 43.3 Å². The second-order valence-electron chi connectivity index (χ2n) is 8.04. The van der Waals surface area contributed by atoms with Gasteiger partial charge < -0.3 is 4.90 Å². The van der Waals surface area contributed by atoms with Gasteiger partial charge in [0.05, 0.1) is 0 Å². The summed E-state index contributed by atoms with van der Waals surface area (Å²) in [6.07, 6.45) is 5.97. The predicted octanol–water partition coefficient (Wildman–Crippen LogP) is 3.78. The minimum absolute atomic E-state index is 0.218. The molecule has 27 heavy (non-hydrogen) atoms. The van der Waals surface area contributed by atoms with Crippen molar-refractivity contribution in [3.63, 3.8) is 0 Å². The molecular formula is C23H29N3O. The molecule has 0 bridgehead atoms. The van der Waals surface area contributed by atoms with E-state index in [-0.39, 0.29) is 17.9 Å². The molecule has 0 unspecified atom stereocenters. The number of pyridine rings is 1. The Hall–Kier alpha value is -2.20. The number of hydrogen-bond donors (Lipinski definition) is 0. The third-order valence-corrected chi connectivity index (χ3v) is 5.90. The summed E-state index contributed by atoms with van der Waals surface area (Å²) in [5.74, 6) is 1.77. The zero-order valence-electron chi connectivity index (χ0n) is 16.1. The van der Waals surface area contributed by atoms with Crippen molar-refractivity contribution in [3.8, 4) is 0 Å². The van der Waals surface area contributed by atoms with E-state index >= 15 is 0 Å². The van der Waals surface area contributed by atoms with E-state index in [9.17, 15) is 4.79 Å². The van der Waals surface area contributed by atoms with Crippen LogP contribution in [0.2, 0.25) is 0 Å². The normalized spacial score (nSPS) is 23.1. The highest BCUT2D eigenvalue weighted by Gasteiger charge is 2.40. The molecule has 0 N–H and O–H groups in total. The van der Waals surface area contributed by atoms with Gasteiger partial charge in [0, 0.05) is 37.8 Å². The van der Waals surface area contributed by atoms with Gasteiger partial charge in [0.1, 0.15) is 5.82 Å². The number of nitrogens with zero attached hydrogens (tertiary/aromatic N) is 3. The smallest absolute Gasteiger partial charge is 0.231 e. The van der Waals surface area contributed by atoms with Crippen molar-refractivity contribution in [1.29, 1.82) is 0 Å². The molecule has 2 fully saturated rings. The lowest BCUT2D eigenvalue weighted by atomic mass is 9.91. The monoisotopic (exact) mass is 363 g/mol. The Morgan fingerprint density at radius 3 is 2.56 bits per heavy atom. The Morgan fingerprint density at radius 2 is 1.89 bits per heavy atom. The molecule has 1 aliphatic heterocycles. The Kier molecular flexibility index (Phi) is 5.53. The molecule has 0 spiro atoms. The topological polar surface area (TPSA) is 36.4 Å². The van der Waals surface area contributed by atoms with Gasteiger partial charge in [0.15, 0.2) is 0 Å². The molecular weight excluding hydrogens is 334 g/mol. The Bertz CT molecular complexity index is 745. The van der Waals surface area contributed by atoms with Gasteiger partial charge >= 0.3 is 0 Å². The van der Waals surface area contributed by atoms with Crippen LogP contribution in [0, 0.1) is 11.8 Å². The number of amides is 1. The number of benzene rings is 1. The predicted molar refractivity (Wildman–Crippen MR) is 109 cm³/mol. The second-order valence-corrected chi connectivity index (χ2v) is 8.04. The average Bonchev–Trinajstić information content (AvgIpc) is 3.55. The number of anilines is 1. The summed E-state index contributed by atoms with van der Waals surface area (Å²) in [4.78, 5) is 22.1. The molecule has 1 saturated heterocycles. The van der Waals surface area contributed by atoms with E-state index in [1.807, 2.05) is 23.1 Å². The molecule has 2 aromatic rings. The molecule has 4 nitrogen and oxygen atoms in total. The van der Waals surface area contributed by atoms with Crippen molar-refractivity contribution in [2.24, 2.45) is 11.8 Å². The standard InChI is InChI=1S/C23H29N3O/c1-18-17-25(15-12-19-7-3-2-4-8-19)16-13-21(18)26(23(27)20-10-11-20)22-9-5-6-14-24-22/h2-9,14,18,20-21H,10-13,15-17H2,1H3/t18-,21+/m0/s1. The van der Waals surface area contributed by atoms with Crippen LogP contribution in [0.5, 0.6) is 0 Å². The number of hydrogen-bond acceptors (Lipinski definition) is 3. The van der Waals surface area contributed by atoms with Crippen LogP contribution >= 0.6 is 0 Å². The van der Waals surface area contributed by atoms with Crippen molar-refractivity contribution in [2.75, 3.05) is 24.5 Å². The maximum Gasteiger partial charge on any atom is 0.231 e. The summed E-state index contributed by atoms with van der Waals surface area (Å²) in [7, 11) is 0. The molecule has 142 valence electrons. The number of aromatic nitrogens is 1. The van der Waals surface area contributed by atoms with Crippen molar-refractivity contribution in [3.05, 3.63) is 60.3 Å². The first kappa shape index (κ1) is 18.2. The first-order valence-corrected chi connectivity index (χ1v) is 10.2. The SMILES string of the molecule is C[C@H]1CN(CCc2ccccc2)CC[C@H]1N(C(=O)C1CC1)c1ccccn1. The summed E-state index contributed by atoms with van der Waals surface area (Å²) < 4.78 is 0. The fraction of sp³-hybridized carbons (Fsp3) is 0.478. The van der Waals surface area contributed by atoms with E-state index in [1.165, 1.54) is 5.56 Å². The first-order valence-electron chi connectivity index (χ1n) is 10.2. The van der Waals surface area contributed by atoms with Gasteiger partial charge in [-0.15, -0.1) is 0 Å². The second kappa shape index (κ2) is 8.22. The highest BCUT2D eigenvalue weighted by Crippen LogP contribution is 2.35. The Balaban J connectivity index is 1.41. The van der Waals surface area contributed by atoms with Gasteiger partial charge in [-0.25, -0.2) is 4.98 Å². The van der Waals surface area contributed by atoms with Crippen molar-refractivity contribution < 1.29 is 4.79 Å². The fourth-order valence-electron chi connectivity index (χ4n) is 4.21. The number of rotatable bonds is 6. The van der Waals surface area contributed by atoms with E-state index < -0.39 is 0 Å².